The highest BCUT2D eigenvalue weighted by Crippen LogP contribution is 2.52. The average molecular weight is 299 g/mol. The summed E-state index contributed by atoms with van der Waals surface area (Å²) >= 11 is 0. The number of carboxylic acids is 1. The molecule has 1 N–H and O–H groups in total. The number of hydrogen-bond acceptors (Lipinski definition) is 3. The molecule has 1 aromatic carbocycles. The molecule has 1 amide bonds. The Labute approximate surface area is 128 Å². The third kappa shape index (κ3) is 1.75. The SMILES string of the molecule is Cc1ccc(CN2C[C@@]34C=C[C@@H](O3)[C@@H](C(=O)O)[C@H]4C2=O)cc1. The van der Waals surface area contributed by atoms with E-state index < -0.39 is 29.5 Å². The predicted octanol–water partition coefficient (Wildman–Crippen LogP) is 1.36. The minimum atomic E-state index is -0.952. The summed E-state index contributed by atoms with van der Waals surface area (Å²) in [6.45, 7) is 2.94. The van der Waals surface area contributed by atoms with Gasteiger partial charge in [-0.1, -0.05) is 42.0 Å². The molecule has 2 fully saturated rings. The summed E-state index contributed by atoms with van der Waals surface area (Å²) < 4.78 is 5.86. The van der Waals surface area contributed by atoms with Crippen molar-refractivity contribution < 1.29 is 19.4 Å². The largest absolute Gasteiger partial charge is 0.481 e. The van der Waals surface area contributed by atoms with Gasteiger partial charge in [0.2, 0.25) is 5.91 Å². The Morgan fingerprint density at radius 3 is 2.82 bits per heavy atom. The van der Waals surface area contributed by atoms with Gasteiger partial charge in [0.15, 0.2) is 0 Å². The number of ether oxygens (including phenoxy) is 1. The Morgan fingerprint density at radius 1 is 1.41 bits per heavy atom. The molecule has 2 bridgehead atoms. The van der Waals surface area contributed by atoms with Crippen LogP contribution in [-0.2, 0) is 20.9 Å². The van der Waals surface area contributed by atoms with Gasteiger partial charge in [0.1, 0.15) is 11.5 Å². The van der Waals surface area contributed by atoms with E-state index in [4.69, 9.17) is 4.74 Å². The van der Waals surface area contributed by atoms with Crippen LogP contribution in [0, 0.1) is 18.8 Å². The van der Waals surface area contributed by atoms with Crippen LogP contribution in [-0.4, -0.2) is 40.1 Å². The summed E-state index contributed by atoms with van der Waals surface area (Å²) in [5, 5.41) is 9.42. The maximum Gasteiger partial charge on any atom is 0.310 e. The summed E-state index contributed by atoms with van der Waals surface area (Å²) in [7, 11) is 0. The summed E-state index contributed by atoms with van der Waals surface area (Å²) in [5.74, 6) is -2.42. The number of carbonyl (C=O) groups is 2. The molecule has 0 aliphatic carbocycles. The summed E-state index contributed by atoms with van der Waals surface area (Å²) in [4.78, 5) is 25.9. The van der Waals surface area contributed by atoms with E-state index >= 15 is 0 Å². The summed E-state index contributed by atoms with van der Waals surface area (Å²) in [6, 6.07) is 8.02. The van der Waals surface area contributed by atoms with Crippen LogP contribution >= 0.6 is 0 Å². The fraction of sp³-hybridized carbons (Fsp3) is 0.412. The highest BCUT2D eigenvalue weighted by Gasteiger charge is 2.66. The molecule has 3 heterocycles. The van der Waals surface area contributed by atoms with Gasteiger partial charge in [-0.3, -0.25) is 9.59 Å². The lowest BCUT2D eigenvalue weighted by Crippen LogP contribution is -2.39. The number of aryl methyl sites for hydroxylation is 1. The number of likely N-dealkylation sites (tertiary alicyclic amines) is 1. The smallest absolute Gasteiger partial charge is 0.310 e. The van der Waals surface area contributed by atoms with Crippen molar-refractivity contribution in [2.45, 2.75) is 25.2 Å². The van der Waals surface area contributed by atoms with Gasteiger partial charge in [0.05, 0.1) is 18.6 Å². The zero-order valence-electron chi connectivity index (χ0n) is 12.2. The number of carboxylic acid groups (broad SMARTS) is 1. The molecule has 1 spiro atoms. The highest BCUT2D eigenvalue weighted by molar-refractivity contribution is 5.90. The maximum atomic E-state index is 12.7. The van der Waals surface area contributed by atoms with Crippen LogP contribution in [0.2, 0.25) is 0 Å². The zero-order chi connectivity index (χ0) is 15.5. The van der Waals surface area contributed by atoms with Crippen LogP contribution in [0.25, 0.3) is 0 Å². The molecule has 0 radical (unpaired) electrons. The Hall–Kier alpha value is -2.14. The van der Waals surface area contributed by atoms with Gasteiger partial charge < -0.3 is 14.7 Å². The Bertz CT molecular complexity index is 680. The van der Waals surface area contributed by atoms with Crippen LogP contribution in [0.4, 0.5) is 0 Å². The topological polar surface area (TPSA) is 66.8 Å². The monoisotopic (exact) mass is 299 g/mol. The second kappa shape index (κ2) is 4.43. The molecule has 3 aliphatic rings. The van der Waals surface area contributed by atoms with Gasteiger partial charge in [-0.2, -0.15) is 0 Å². The van der Waals surface area contributed by atoms with Crippen LogP contribution in [0.1, 0.15) is 11.1 Å². The van der Waals surface area contributed by atoms with E-state index in [0.29, 0.717) is 13.1 Å². The molecule has 0 saturated carbocycles. The van der Waals surface area contributed by atoms with Crippen molar-refractivity contribution in [1.82, 2.24) is 4.90 Å². The number of fused-ring (bicyclic) bond motifs is 1. The maximum absolute atomic E-state index is 12.7. The van der Waals surface area contributed by atoms with E-state index in [2.05, 4.69) is 0 Å². The van der Waals surface area contributed by atoms with Crippen molar-refractivity contribution in [2.75, 3.05) is 6.54 Å². The van der Waals surface area contributed by atoms with Crippen molar-refractivity contribution in [1.29, 1.82) is 0 Å². The molecule has 114 valence electrons. The second-order valence-corrected chi connectivity index (χ2v) is 6.42. The van der Waals surface area contributed by atoms with Crippen molar-refractivity contribution in [3.8, 4) is 0 Å². The van der Waals surface area contributed by atoms with Crippen molar-refractivity contribution in [3.63, 3.8) is 0 Å². The van der Waals surface area contributed by atoms with Gasteiger partial charge in [0, 0.05) is 6.54 Å². The third-order valence-corrected chi connectivity index (χ3v) is 4.96. The van der Waals surface area contributed by atoms with E-state index in [9.17, 15) is 14.7 Å². The first-order valence-electron chi connectivity index (χ1n) is 7.44. The summed E-state index contributed by atoms with van der Waals surface area (Å²) in [5.41, 5.74) is 1.47. The number of amides is 1. The van der Waals surface area contributed by atoms with Gasteiger partial charge in [0.25, 0.3) is 0 Å². The van der Waals surface area contributed by atoms with Crippen molar-refractivity contribution in [2.24, 2.45) is 11.8 Å². The molecule has 5 heteroatoms. The molecule has 2 saturated heterocycles. The number of benzene rings is 1. The van der Waals surface area contributed by atoms with Crippen LogP contribution in [0.3, 0.4) is 0 Å². The van der Waals surface area contributed by atoms with E-state index in [0.717, 1.165) is 5.56 Å². The van der Waals surface area contributed by atoms with Gasteiger partial charge in [-0.05, 0) is 12.5 Å². The number of nitrogens with zero attached hydrogens (tertiary/aromatic N) is 1. The quantitative estimate of drug-likeness (QED) is 0.856. The van der Waals surface area contributed by atoms with Gasteiger partial charge >= 0.3 is 5.97 Å². The van der Waals surface area contributed by atoms with Crippen LogP contribution in [0.5, 0.6) is 0 Å². The minimum absolute atomic E-state index is 0.111. The highest BCUT2D eigenvalue weighted by atomic mass is 16.5. The Balaban J connectivity index is 1.61. The molecular formula is C17H17NO4. The molecule has 5 nitrogen and oxygen atoms in total. The lowest BCUT2D eigenvalue weighted by Gasteiger charge is -2.21. The lowest BCUT2D eigenvalue weighted by atomic mass is 9.77. The van der Waals surface area contributed by atoms with E-state index in [1.54, 1.807) is 11.0 Å². The average Bonchev–Trinajstić information content (AvgIpc) is 3.10. The van der Waals surface area contributed by atoms with Gasteiger partial charge in [-0.25, -0.2) is 0 Å². The molecule has 1 aromatic rings. The Morgan fingerprint density at radius 2 is 2.14 bits per heavy atom. The third-order valence-electron chi connectivity index (χ3n) is 4.96. The van der Waals surface area contributed by atoms with E-state index in [-0.39, 0.29) is 5.91 Å². The predicted molar refractivity (Wildman–Crippen MR) is 78.0 cm³/mol. The van der Waals surface area contributed by atoms with Crippen molar-refractivity contribution >= 4 is 11.9 Å². The molecule has 22 heavy (non-hydrogen) atoms. The summed E-state index contributed by atoms with van der Waals surface area (Å²) in [6.07, 6.45) is 3.21. The molecule has 3 aliphatic heterocycles. The molecule has 4 atom stereocenters. The molecule has 0 aromatic heterocycles. The second-order valence-electron chi connectivity index (χ2n) is 6.42. The lowest BCUT2D eigenvalue weighted by molar-refractivity contribution is -0.148. The fourth-order valence-corrected chi connectivity index (χ4v) is 3.91. The normalized spacial score (nSPS) is 35.2. The molecule has 4 rings (SSSR count). The molecular weight excluding hydrogens is 282 g/mol. The number of hydrogen-bond donors (Lipinski definition) is 1. The minimum Gasteiger partial charge on any atom is -0.481 e. The van der Waals surface area contributed by atoms with Gasteiger partial charge in [-0.15, -0.1) is 0 Å². The number of carbonyl (C=O) groups excluding carboxylic acids is 1. The first-order valence-corrected chi connectivity index (χ1v) is 7.44. The van der Waals surface area contributed by atoms with Crippen LogP contribution < -0.4 is 0 Å². The van der Waals surface area contributed by atoms with Crippen molar-refractivity contribution in [3.05, 3.63) is 47.5 Å². The van der Waals surface area contributed by atoms with E-state index in [1.807, 2.05) is 37.3 Å². The number of rotatable bonds is 3. The first-order chi connectivity index (χ1) is 10.5. The molecule has 0 unspecified atom stereocenters. The standard InChI is InChI=1S/C17H17NO4/c1-10-2-4-11(5-3-10)8-18-9-17-7-6-12(22-17)13(16(20)21)14(17)15(18)19/h2-7,12-14H,8-9H2,1H3,(H,20,21)/t12-,13-,14+,17-/m1/s1. The zero-order valence-corrected chi connectivity index (χ0v) is 12.2. The fourth-order valence-electron chi connectivity index (χ4n) is 3.91. The van der Waals surface area contributed by atoms with Crippen LogP contribution in [0.15, 0.2) is 36.4 Å². The number of aliphatic carboxylic acids is 1. The first kappa shape index (κ1) is 13.5. The Kier molecular flexibility index (Phi) is 2.72. The van der Waals surface area contributed by atoms with E-state index in [1.165, 1.54) is 5.56 Å².